The van der Waals surface area contributed by atoms with Gasteiger partial charge in [0.05, 0.1) is 11.8 Å². The molecule has 4 N–H and O–H groups in total. The van der Waals surface area contributed by atoms with Crippen LogP contribution in [0, 0.1) is 6.92 Å². The Morgan fingerprint density at radius 2 is 1.92 bits per heavy atom. The van der Waals surface area contributed by atoms with Crippen LogP contribution < -0.4 is 16.0 Å². The smallest absolute Gasteiger partial charge is 0.251 e. The topological polar surface area (TPSA) is 113 Å². The fraction of sp³-hybridized carbons (Fsp3) is 0.536. The molecular weight excluding hydrogens is 468 g/mol. The van der Waals surface area contributed by atoms with E-state index in [4.69, 9.17) is 9.72 Å². The Morgan fingerprint density at radius 3 is 2.65 bits per heavy atom. The highest BCUT2D eigenvalue weighted by molar-refractivity contribution is 5.97. The van der Waals surface area contributed by atoms with Crippen molar-refractivity contribution in [3.63, 3.8) is 0 Å². The normalized spacial score (nSPS) is 19.7. The molecule has 0 unspecified atom stereocenters. The average Bonchev–Trinajstić information content (AvgIpc) is 3.36. The number of anilines is 2. The molecular formula is C28H36N6O3. The van der Waals surface area contributed by atoms with E-state index < -0.39 is 5.60 Å². The van der Waals surface area contributed by atoms with Crippen LogP contribution in [0.15, 0.2) is 30.5 Å². The molecule has 1 aromatic carbocycles. The number of aliphatic hydroxyl groups is 1. The van der Waals surface area contributed by atoms with Gasteiger partial charge in [-0.2, -0.15) is 9.61 Å². The molecule has 196 valence electrons. The first-order valence-corrected chi connectivity index (χ1v) is 13.6. The van der Waals surface area contributed by atoms with Gasteiger partial charge in [-0.1, -0.05) is 25.0 Å². The van der Waals surface area contributed by atoms with Gasteiger partial charge in [-0.3, -0.25) is 4.79 Å². The van der Waals surface area contributed by atoms with E-state index in [2.05, 4.69) is 21.0 Å². The number of nitrogens with one attached hydrogen (secondary N) is 3. The van der Waals surface area contributed by atoms with Crippen LogP contribution in [-0.2, 0) is 4.74 Å². The van der Waals surface area contributed by atoms with Crippen LogP contribution in [0.4, 0.5) is 11.6 Å². The molecule has 2 saturated carbocycles. The second kappa shape index (κ2) is 9.95. The minimum atomic E-state index is -0.809. The monoisotopic (exact) mass is 504 g/mol. The van der Waals surface area contributed by atoms with E-state index in [1.165, 1.54) is 12.8 Å². The van der Waals surface area contributed by atoms with E-state index in [9.17, 15) is 9.90 Å². The second-order valence-corrected chi connectivity index (χ2v) is 10.9. The number of benzene rings is 1. The van der Waals surface area contributed by atoms with Gasteiger partial charge in [0.25, 0.3) is 5.91 Å². The van der Waals surface area contributed by atoms with Gasteiger partial charge < -0.3 is 25.8 Å². The SMILES string of the molecule is Cc1cc(-c2cnn3c(NCC4(O)CCOCC4)cc(NC4CCCC4)nc23)ccc1C(=O)NC1CC1. The van der Waals surface area contributed by atoms with Crippen LogP contribution in [0.5, 0.6) is 0 Å². The van der Waals surface area contributed by atoms with E-state index in [1.807, 2.05) is 37.4 Å². The highest BCUT2D eigenvalue weighted by Gasteiger charge is 2.30. The maximum atomic E-state index is 12.6. The quantitative estimate of drug-likeness (QED) is 0.368. The van der Waals surface area contributed by atoms with Crippen LogP contribution in [0.1, 0.15) is 67.3 Å². The summed E-state index contributed by atoms with van der Waals surface area (Å²) in [4.78, 5) is 17.6. The predicted octanol–water partition coefficient (Wildman–Crippen LogP) is 3.90. The van der Waals surface area contributed by atoms with Crippen molar-refractivity contribution in [2.45, 2.75) is 76.0 Å². The molecule has 9 heteroatoms. The third-order valence-electron chi connectivity index (χ3n) is 7.90. The summed E-state index contributed by atoms with van der Waals surface area (Å²) in [6.07, 6.45) is 9.92. The number of carbonyl (C=O) groups is 1. The van der Waals surface area contributed by atoms with Crippen LogP contribution in [0.3, 0.4) is 0 Å². The van der Waals surface area contributed by atoms with Gasteiger partial charge in [0.15, 0.2) is 5.65 Å². The number of nitrogens with zero attached hydrogens (tertiary/aromatic N) is 3. The van der Waals surface area contributed by atoms with Crippen molar-refractivity contribution in [2.75, 3.05) is 30.4 Å². The van der Waals surface area contributed by atoms with E-state index >= 15 is 0 Å². The van der Waals surface area contributed by atoms with Gasteiger partial charge in [0.1, 0.15) is 11.6 Å². The molecule has 0 atom stereocenters. The van der Waals surface area contributed by atoms with Crippen LogP contribution >= 0.6 is 0 Å². The number of hydrogen-bond donors (Lipinski definition) is 4. The lowest BCUT2D eigenvalue weighted by atomic mass is 9.94. The molecule has 6 rings (SSSR count). The highest BCUT2D eigenvalue weighted by Crippen LogP contribution is 2.31. The lowest BCUT2D eigenvalue weighted by Gasteiger charge is -2.32. The fourth-order valence-corrected chi connectivity index (χ4v) is 5.41. The number of rotatable bonds is 8. The number of ether oxygens (including phenoxy) is 1. The molecule has 2 aliphatic carbocycles. The maximum Gasteiger partial charge on any atom is 0.251 e. The van der Waals surface area contributed by atoms with Crippen molar-refractivity contribution in [1.82, 2.24) is 19.9 Å². The van der Waals surface area contributed by atoms with Gasteiger partial charge in [-0.25, -0.2) is 4.98 Å². The molecule has 1 saturated heterocycles. The third kappa shape index (κ3) is 5.29. The van der Waals surface area contributed by atoms with Crippen molar-refractivity contribution >= 4 is 23.2 Å². The minimum Gasteiger partial charge on any atom is -0.388 e. The number of amides is 1. The van der Waals surface area contributed by atoms with Crippen LogP contribution in [0.2, 0.25) is 0 Å². The summed E-state index contributed by atoms with van der Waals surface area (Å²) >= 11 is 0. The van der Waals surface area contributed by atoms with Crippen molar-refractivity contribution in [1.29, 1.82) is 0 Å². The summed E-state index contributed by atoms with van der Waals surface area (Å²) < 4.78 is 7.24. The fourth-order valence-electron chi connectivity index (χ4n) is 5.41. The largest absolute Gasteiger partial charge is 0.388 e. The molecule has 0 radical (unpaired) electrons. The summed E-state index contributed by atoms with van der Waals surface area (Å²) in [5, 5.41) is 25.8. The van der Waals surface area contributed by atoms with Crippen LogP contribution in [-0.4, -0.2) is 63.1 Å². The summed E-state index contributed by atoms with van der Waals surface area (Å²) in [5.74, 6) is 1.58. The van der Waals surface area contributed by atoms with Gasteiger partial charge >= 0.3 is 0 Å². The molecule has 3 aromatic rings. The molecule has 0 spiro atoms. The van der Waals surface area contributed by atoms with Gasteiger partial charge in [-0.05, 0) is 49.8 Å². The minimum absolute atomic E-state index is 0.00915. The molecule has 2 aromatic heterocycles. The maximum absolute atomic E-state index is 12.6. The van der Waals surface area contributed by atoms with Gasteiger partial charge in [0, 0.05) is 61.9 Å². The van der Waals surface area contributed by atoms with Crippen molar-refractivity contribution in [3.05, 3.63) is 41.6 Å². The Balaban J connectivity index is 1.32. The molecule has 37 heavy (non-hydrogen) atoms. The Morgan fingerprint density at radius 1 is 1.14 bits per heavy atom. The number of aryl methyl sites for hydroxylation is 1. The first-order valence-electron chi connectivity index (χ1n) is 13.6. The number of aromatic nitrogens is 3. The summed E-state index contributed by atoms with van der Waals surface area (Å²) in [6, 6.07) is 8.64. The number of carbonyl (C=O) groups excluding carboxylic acids is 1. The third-order valence-corrected chi connectivity index (χ3v) is 7.90. The predicted molar refractivity (Wildman–Crippen MR) is 143 cm³/mol. The lowest BCUT2D eigenvalue weighted by molar-refractivity contribution is -0.0544. The Bertz CT molecular complexity index is 1290. The molecule has 3 aliphatic rings. The van der Waals surface area contributed by atoms with Gasteiger partial charge in [-0.15, -0.1) is 0 Å². The Kier molecular flexibility index (Phi) is 6.50. The lowest BCUT2D eigenvalue weighted by Crippen LogP contribution is -2.42. The van der Waals surface area contributed by atoms with Crippen molar-refractivity contribution in [3.8, 4) is 11.1 Å². The van der Waals surface area contributed by atoms with E-state index in [-0.39, 0.29) is 5.91 Å². The second-order valence-electron chi connectivity index (χ2n) is 10.9. The number of hydrogen-bond acceptors (Lipinski definition) is 7. The summed E-state index contributed by atoms with van der Waals surface area (Å²) in [6.45, 7) is 3.52. The summed E-state index contributed by atoms with van der Waals surface area (Å²) in [5.41, 5.74) is 3.43. The zero-order chi connectivity index (χ0) is 25.4. The molecule has 0 bridgehead atoms. The zero-order valence-electron chi connectivity index (χ0n) is 21.4. The molecule has 1 amide bonds. The first kappa shape index (κ1) is 24.2. The van der Waals surface area contributed by atoms with Gasteiger partial charge in [0.2, 0.25) is 0 Å². The first-order chi connectivity index (χ1) is 18.0. The van der Waals surface area contributed by atoms with E-state index in [0.29, 0.717) is 50.2 Å². The van der Waals surface area contributed by atoms with Crippen molar-refractivity contribution < 1.29 is 14.6 Å². The molecule has 3 heterocycles. The average molecular weight is 505 g/mol. The molecule has 9 nitrogen and oxygen atoms in total. The van der Waals surface area contributed by atoms with E-state index in [1.54, 1.807) is 4.52 Å². The summed E-state index contributed by atoms with van der Waals surface area (Å²) in [7, 11) is 0. The molecule has 1 aliphatic heterocycles. The Labute approximate surface area is 217 Å². The van der Waals surface area contributed by atoms with Crippen LogP contribution in [0.25, 0.3) is 16.8 Å². The zero-order valence-corrected chi connectivity index (χ0v) is 21.4. The molecule has 3 fully saturated rings. The Hall–Kier alpha value is -3.17. The number of fused-ring (bicyclic) bond motifs is 1. The van der Waals surface area contributed by atoms with E-state index in [0.717, 1.165) is 59.7 Å². The highest BCUT2D eigenvalue weighted by atomic mass is 16.5. The van der Waals surface area contributed by atoms with Crippen molar-refractivity contribution in [2.24, 2.45) is 0 Å². The standard InChI is InChI=1S/C28H36N6O3/c1-18-14-19(6-9-22(18)27(35)32-21-7-8-21)23-16-30-34-25(29-17-28(36)10-12-37-13-11-28)15-24(33-26(23)34)31-20-4-2-3-5-20/h6,9,14-16,20-21,29,36H,2-5,7-8,10-13,17H2,1H3,(H,31,33)(H,32,35).